The van der Waals surface area contributed by atoms with Gasteiger partial charge in [0.05, 0.1) is 29.5 Å². The van der Waals surface area contributed by atoms with Crippen molar-refractivity contribution in [1.29, 1.82) is 0 Å². The van der Waals surface area contributed by atoms with Gasteiger partial charge >= 0.3 is 0 Å². The van der Waals surface area contributed by atoms with E-state index < -0.39 is 10.0 Å². The van der Waals surface area contributed by atoms with Crippen molar-refractivity contribution in [3.8, 4) is 0 Å². The lowest BCUT2D eigenvalue weighted by molar-refractivity contribution is -0.119. The number of rotatable bonds is 6. The maximum atomic E-state index is 12.9. The highest BCUT2D eigenvalue weighted by Crippen LogP contribution is 2.30. The molecule has 0 radical (unpaired) electrons. The molecule has 1 saturated carbocycles. The van der Waals surface area contributed by atoms with Crippen LogP contribution in [0.15, 0.2) is 23.1 Å². The largest absolute Gasteiger partial charge is 0.384 e. The van der Waals surface area contributed by atoms with Crippen molar-refractivity contribution >= 4 is 27.3 Å². The number of nitrogens with two attached hydrogens (primary N) is 1. The van der Waals surface area contributed by atoms with E-state index in [1.165, 1.54) is 10.4 Å². The molecule has 0 spiro atoms. The minimum atomic E-state index is -3.63. The van der Waals surface area contributed by atoms with E-state index in [9.17, 15) is 13.2 Å². The zero-order valence-corrected chi connectivity index (χ0v) is 16.4. The van der Waals surface area contributed by atoms with Gasteiger partial charge in [-0.15, -0.1) is 0 Å². The zero-order valence-electron chi connectivity index (χ0n) is 15.6. The highest BCUT2D eigenvalue weighted by Gasteiger charge is 2.30. The van der Waals surface area contributed by atoms with Crippen LogP contribution in [0.5, 0.6) is 0 Å². The molecule has 2 atom stereocenters. The van der Waals surface area contributed by atoms with Gasteiger partial charge in [0, 0.05) is 31.6 Å². The molecule has 8 nitrogen and oxygen atoms in total. The Morgan fingerprint density at radius 2 is 2.00 bits per heavy atom. The number of nitrogens with zero attached hydrogens (tertiary/aromatic N) is 1. The number of hydrogen-bond acceptors (Lipinski definition) is 6. The van der Waals surface area contributed by atoms with E-state index in [0.717, 1.165) is 12.8 Å². The summed E-state index contributed by atoms with van der Waals surface area (Å²) in [6.45, 7) is 4.05. The minimum absolute atomic E-state index is 0.0574. The molecule has 4 N–H and O–H groups in total. The second-order valence-corrected chi connectivity index (χ2v) is 8.95. The summed E-state index contributed by atoms with van der Waals surface area (Å²) >= 11 is 0. The van der Waals surface area contributed by atoms with Crippen molar-refractivity contribution in [1.82, 2.24) is 4.31 Å². The lowest BCUT2D eigenvalue weighted by Crippen LogP contribution is -2.40. The summed E-state index contributed by atoms with van der Waals surface area (Å²) in [7, 11) is -3.63. The summed E-state index contributed by atoms with van der Waals surface area (Å²) < 4.78 is 32.5. The first-order valence-corrected chi connectivity index (χ1v) is 10.9. The van der Waals surface area contributed by atoms with Gasteiger partial charge in [-0.1, -0.05) is 0 Å². The number of hydrogen-bond donors (Lipinski definition) is 3. The molecule has 150 valence electrons. The second kappa shape index (κ2) is 8.55. The minimum Gasteiger partial charge on any atom is -0.384 e. The molecule has 1 aliphatic carbocycles. The number of ether oxygens (including phenoxy) is 1. The molecule has 9 heteroatoms. The highest BCUT2D eigenvalue weighted by molar-refractivity contribution is 7.89. The molecule has 27 heavy (non-hydrogen) atoms. The van der Waals surface area contributed by atoms with Gasteiger partial charge in [-0.2, -0.15) is 4.31 Å². The molecular weight excluding hydrogens is 368 g/mol. The van der Waals surface area contributed by atoms with E-state index in [-0.39, 0.29) is 22.8 Å². The molecule has 2 unspecified atom stereocenters. The Hall–Kier alpha value is -1.68. The molecule has 0 bridgehead atoms. The van der Waals surface area contributed by atoms with Gasteiger partial charge in [0.2, 0.25) is 15.9 Å². The number of morpholine rings is 1. The summed E-state index contributed by atoms with van der Waals surface area (Å²) in [5, 5.41) is 6.08. The fourth-order valence-corrected chi connectivity index (χ4v) is 4.99. The number of sulfonamides is 1. The average molecular weight is 397 g/mol. The first-order valence-electron chi connectivity index (χ1n) is 9.44. The number of benzene rings is 1. The Balaban J connectivity index is 1.84. The molecule has 2 aliphatic rings. The number of carbonyl (C=O) groups excluding carboxylic acids is 1. The lowest BCUT2D eigenvalue weighted by atomic mass is 10.1. The average Bonchev–Trinajstić information content (AvgIpc) is 3.10. The molecule has 3 rings (SSSR count). The van der Waals surface area contributed by atoms with Crippen LogP contribution in [-0.2, 0) is 19.6 Å². The molecule has 2 fully saturated rings. The van der Waals surface area contributed by atoms with E-state index in [1.54, 1.807) is 12.1 Å². The topological polar surface area (TPSA) is 114 Å². The van der Waals surface area contributed by atoms with Crippen molar-refractivity contribution in [2.45, 2.75) is 37.1 Å². The van der Waals surface area contributed by atoms with Crippen molar-refractivity contribution in [3.63, 3.8) is 0 Å². The molecule has 1 saturated heterocycles. The van der Waals surface area contributed by atoms with Crippen LogP contribution in [0, 0.1) is 5.92 Å². The lowest BCUT2D eigenvalue weighted by Gasteiger charge is -2.26. The third-order valence-electron chi connectivity index (χ3n) is 5.07. The van der Waals surface area contributed by atoms with E-state index in [0.29, 0.717) is 50.6 Å². The smallest absolute Gasteiger partial charge is 0.243 e. The van der Waals surface area contributed by atoms with Crippen LogP contribution in [0.1, 0.15) is 26.2 Å². The van der Waals surface area contributed by atoms with Crippen LogP contribution in [0.3, 0.4) is 0 Å². The van der Waals surface area contributed by atoms with Crippen molar-refractivity contribution in [2.24, 2.45) is 11.7 Å². The Morgan fingerprint density at radius 1 is 1.26 bits per heavy atom. The van der Waals surface area contributed by atoms with E-state index in [4.69, 9.17) is 10.5 Å². The van der Waals surface area contributed by atoms with E-state index in [1.807, 2.05) is 6.92 Å². The van der Waals surface area contributed by atoms with Gasteiger partial charge in [-0.3, -0.25) is 4.79 Å². The van der Waals surface area contributed by atoms with E-state index >= 15 is 0 Å². The Morgan fingerprint density at radius 3 is 2.63 bits per heavy atom. The van der Waals surface area contributed by atoms with E-state index in [2.05, 4.69) is 10.6 Å². The molecule has 1 heterocycles. The quantitative estimate of drug-likeness (QED) is 0.666. The fourth-order valence-electron chi connectivity index (χ4n) is 3.56. The number of anilines is 2. The normalized spacial score (nSPS) is 23.9. The van der Waals surface area contributed by atoms with Gasteiger partial charge in [-0.25, -0.2) is 8.42 Å². The summed E-state index contributed by atoms with van der Waals surface area (Å²) in [5.41, 5.74) is 7.10. The molecule has 0 aromatic heterocycles. The first-order chi connectivity index (χ1) is 12.9. The van der Waals surface area contributed by atoms with Crippen LogP contribution in [0.2, 0.25) is 0 Å². The van der Waals surface area contributed by atoms with Crippen LogP contribution in [-0.4, -0.2) is 57.5 Å². The summed E-state index contributed by atoms with van der Waals surface area (Å²) in [5.74, 6) is -0.239. The Labute approximate surface area is 160 Å². The monoisotopic (exact) mass is 396 g/mol. The first kappa shape index (κ1) is 20.1. The van der Waals surface area contributed by atoms with Crippen LogP contribution >= 0.6 is 0 Å². The van der Waals surface area contributed by atoms with Gasteiger partial charge < -0.3 is 21.1 Å². The molecule has 1 aliphatic heterocycles. The standard InChI is InChI=1S/C18H28N4O4S/c1-2-20-16-6-5-15(27(24,25)22-7-9-26-10-8-22)12-17(16)21-18(23)13-3-4-14(19)11-13/h5-6,12-14,20H,2-4,7-11,19H2,1H3,(H,21,23). The van der Waals surface area contributed by atoms with Crippen molar-refractivity contribution in [2.75, 3.05) is 43.5 Å². The molecule has 1 aromatic rings. The molecular formula is C18H28N4O4S. The predicted molar refractivity (Wildman–Crippen MR) is 104 cm³/mol. The maximum Gasteiger partial charge on any atom is 0.243 e. The number of nitrogens with one attached hydrogen (secondary N) is 2. The van der Waals surface area contributed by atoms with Gasteiger partial charge in [0.1, 0.15) is 0 Å². The SMILES string of the molecule is CCNc1ccc(S(=O)(=O)N2CCOCC2)cc1NC(=O)C1CCC(N)C1. The van der Waals surface area contributed by atoms with Gasteiger partial charge in [-0.05, 0) is 44.4 Å². The summed E-state index contributed by atoms with van der Waals surface area (Å²) in [6, 6.07) is 4.87. The Bertz CT molecular complexity index is 778. The third-order valence-corrected chi connectivity index (χ3v) is 6.96. The van der Waals surface area contributed by atoms with Gasteiger partial charge in [0.15, 0.2) is 0 Å². The molecule has 1 aromatic carbocycles. The number of amides is 1. The molecule has 1 amide bonds. The summed E-state index contributed by atoms with van der Waals surface area (Å²) in [6.07, 6.45) is 2.26. The van der Waals surface area contributed by atoms with Crippen molar-refractivity contribution < 1.29 is 17.9 Å². The van der Waals surface area contributed by atoms with Crippen LogP contribution in [0.4, 0.5) is 11.4 Å². The summed E-state index contributed by atoms with van der Waals surface area (Å²) in [4.78, 5) is 12.8. The Kier molecular flexibility index (Phi) is 6.36. The van der Waals surface area contributed by atoms with Crippen LogP contribution in [0.25, 0.3) is 0 Å². The second-order valence-electron chi connectivity index (χ2n) is 7.01. The third kappa shape index (κ3) is 4.60. The number of carbonyl (C=O) groups is 1. The highest BCUT2D eigenvalue weighted by atomic mass is 32.2. The fraction of sp³-hybridized carbons (Fsp3) is 0.611. The van der Waals surface area contributed by atoms with Crippen molar-refractivity contribution in [3.05, 3.63) is 18.2 Å². The zero-order chi connectivity index (χ0) is 19.4. The van der Waals surface area contributed by atoms with Crippen LogP contribution < -0.4 is 16.4 Å². The maximum absolute atomic E-state index is 12.9. The predicted octanol–water partition coefficient (Wildman–Crippen LogP) is 1.21. The van der Waals surface area contributed by atoms with Gasteiger partial charge in [0.25, 0.3) is 0 Å².